The highest BCUT2D eigenvalue weighted by molar-refractivity contribution is 7.90. The van der Waals surface area contributed by atoms with Gasteiger partial charge in [0.25, 0.3) is 15.9 Å². The van der Waals surface area contributed by atoms with E-state index in [9.17, 15) is 18.3 Å². The summed E-state index contributed by atoms with van der Waals surface area (Å²) < 4.78 is 29.0. The number of aliphatic hydroxyl groups excluding tert-OH is 1. The third-order valence-corrected chi connectivity index (χ3v) is 8.82. The van der Waals surface area contributed by atoms with Crippen molar-refractivity contribution in [2.24, 2.45) is 0 Å². The van der Waals surface area contributed by atoms with E-state index in [1.54, 1.807) is 12.1 Å². The average Bonchev–Trinajstić information content (AvgIpc) is 3.34. The number of carbonyl (C=O) groups excluding carboxylic acids is 1. The molecule has 7 heteroatoms. The van der Waals surface area contributed by atoms with E-state index >= 15 is 0 Å². The number of aromatic nitrogens is 1. The van der Waals surface area contributed by atoms with E-state index in [0.717, 1.165) is 43.2 Å². The SMILES string of the molecule is Cc1ccc2c(c1)c(-c1ccccc1)c(-c1ccccc1)n2CC(O)CN1C(=O)c2ccccc2S1(=O)=O. The Morgan fingerprint density at radius 3 is 2.11 bits per heavy atom. The van der Waals surface area contributed by atoms with Gasteiger partial charge in [-0.2, -0.15) is 0 Å². The Morgan fingerprint density at radius 1 is 0.789 bits per heavy atom. The van der Waals surface area contributed by atoms with Crippen LogP contribution in [0.2, 0.25) is 0 Å². The van der Waals surface area contributed by atoms with Gasteiger partial charge in [-0.3, -0.25) is 4.79 Å². The van der Waals surface area contributed by atoms with Gasteiger partial charge in [0.1, 0.15) is 4.90 Å². The van der Waals surface area contributed by atoms with Crippen molar-refractivity contribution in [3.05, 3.63) is 114 Å². The van der Waals surface area contributed by atoms with Crippen LogP contribution in [0.15, 0.2) is 108 Å². The van der Waals surface area contributed by atoms with E-state index in [2.05, 4.69) is 18.2 Å². The van der Waals surface area contributed by atoms with E-state index in [4.69, 9.17) is 0 Å². The fraction of sp³-hybridized carbons (Fsp3) is 0.129. The molecule has 0 fully saturated rings. The monoisotopic (exact) mass is 522 g/mol. The van der Waals surface area contributed by atoms with Gasteiger partial charge in [-0.15, -0.1) is 0 Å². The Morgan fingerprint density at radius 2 is 1.42 bits per heavy atom. The van der Waals surface area contributed by atoms with Crippen molar-refractivity contribution in [1.29, 1.82) is 0 Å². The predicted molar refractivity (Wildman–Crippen MR) is 148 cm³/mol. The summed E-state index contributed by atoms with van der Waals surface area (Å²) in [5.41, 5.74) is 6.16. The zero-order valence-electron chi connectivity index (χ0n) is 20.8. The maximum absolute atomic E-state index is 13.1. The van der Waals surface area contributed by atoms with Crippen LogP contribution in [0.3, 0.4) is 0 Å². The zero-order chi connectivity index (χ0) is 26.4. The van der Waals surface area contributed by atoms with Gasteiger partial charge in [-0.05, 0) is 42.3 Å². The predicted octanol–water partition coefficient (Wildman–Crippen LogP) is 5.49. The van der Waals surface area contributed by atoms with Gasteiger partial charge in [0.05, 0.1) is 30.5 Å². The van der Waals surface area contributed by atoms with Crippen LogP contribution >= 0.6 is 0 Å². The normalized spacial score (nSPS) is 15.1. The molecule has 6 nitrogen and oxygen atoms in total. The number of sulfonamides is 1. The molecule has 190 valence electrons. The topological polar surface area (TPSA) is 79.6 Å². The molecule has 0 bridgehead atoms. The number of hydrogen-bond donors (Lipinski definition) is 1. The van der Waals surface area contributed by atoms with Gasteiger partial charge in [0.15, 0.2) is 0 Å². The van der Waals surface area contributed by atoms with E-state index in [1.807, 2.05) is 72.2 Å². The number of nitrogens with zero attached hydrogens (tertiary/aromatic N) is 2. The smallest absolute Gasteiger partial charge is 0.269 e. The molecule has 0 saturated carbocycles. The van der Waals surface area contributed by atoms with E-state index in [1.165, 1.54) is 12.1 Å². The largest absolute Gasteiger partial charge is 0.389 e. The number of aryl methyl sites for hydroxylation is 1. The minimum absolute atomic E-state index is 0.0181. The first-order chi connectivity index (χ1) is 18.4. The molecule has 0 aliphatic carbocycles. The molecule has 38 heavy (non-hydrogen) atoms. The summed E-state index contributed by atoms with van der Waals surface area (Å²) in [4.78, 5) is 12.9. The van der Waals surface area contributed by atoms with Crippen LogP contribution in [-0.2, 0) is 16.6 Å². The zero-order valence-corrected chi connectivity index (χ0v) is 21.6. The third kappa shape index (κ3) is 3.91. The molecule has 5 aromatic rings. The number of rotatable bonds is 6. The van der Waals surface area contributed by atoms with E-state index in [0.29, 0.717) is 0 Å². The first kappa shape index (κ1) is 24.2. The number of carbonyl (C=O) groups is 1. The van der Waals surface area contributed by atoms with Crippen molar-refractivity contribution < 1.29 is 18.3 Å². The van der Waals surface area contributed by atoms with Crippen molar-refractivity contribution in [3.8, 4) is 22.4 Å². The highest BCUT2D eigenvalue weighted by Crippen LogP contribution is 2.41. The van der Waals surface area contributed by atoms with Crippen molar-refractivity contribution in [1.82, 2.24) is 8.87 Å². The molecule has 2 heterocycles. The van der Waals surface area contributed by atoms with Crippen LogP contribution < -0.4 is 0 Å². The van der Waals surface area contributed by atoms with Gasteiger partial charge < -0.3 is 9.67 Å². The third-order valence-electron chi connectivity index (χ3n) is 7.01. The second kappa shape index (κ2) is 9.28. The number of aliphatic hydroxyl groups is 1. The summed E-state index contributed by atoms with van der Waals surface area (Å²) >= 11 is 0. The van der Waals surface area contributed by atoms with E-state index in [-0.39, 0.29) is 23.5 Å². The molecule has 1 amide bonds. The number of β-amino-alcohol motifs (C(OH)–C–C–N with tert-alkyl or cyclic N) is 1. The van der Waals surface area contributed by atoms with Gasteiger partial charge in [-0.1, -0.05) is 84.4 Å². The van der Waals surface area contributed by atoms with Crippen molar-refractivity contribution in [2.75, 3.05) is 6.54 Å². The summed E-state index contributed by atoms with van der Waals surface area (Å²) in [7, 11) is -4.02. The van der Waals surface area contributed by atoms with Gasteiger partial charge in [0, 0.05) is 16.5 Å². The Bertz CT molecular complexity index is 1780. The van der Waals surface area contributed by atoms with Crippen molar-refractivity contribution in [3.63, 3.8) is 0 Å². The van der Waals surface area contributed by atoms with Crippen LogP contribution in [0, 0.1) is 6.92 Å². The molecule has 1 atom stereocenters. The number of hydrogen-bond acceptors (Lipinski definition) is 4. The van der Waals surface area contributed by atoms with Crippen LogP contribution in [0.1, 0.15) is 15.9 Å². The number of benzene rings is 4. The molecule has 4 aromatic carbocycles. The molecule has 6 rings (SSSR count). The molecule has 1 aliphatic heterocycles. The summed E-state index contributed by atoms with van der Waals surface area (Å²) in [6.45, 7) is 1.81. The Balaban J connectivity index is 1.47. The van der Waals surface area contributed by atoms with Gasteiger partial charge in [-0.25, -0.2) is 12.7 Å². The van der Waals surface area contributed by atoms with Gasteiger partial charge >= 0.3 is 0 Å². The lowest BCUT2D eigenvalue weighted by Crippen LogP contribution is -2.38. The second-order valence-corrected chi connectivity index (χ2v) is 11.4. The molecular weight excluding hydrogens is 496 g/mol. The first-order valence-electron chi connectivity index (χ1n) is 12.4. The number of fused-ring (bicyclic) bond motifs is 2. The number of amides is 1. The van der Waals surface area contributed by atoms with Gasteiger partial charge in [0.2, 0.25) is 0 Å². The summed E-state index contributed by atoms with van der Waals surface area (Å²) in [5, 5.41) is 12.3. The standard InChI is InChI=1S/C31H26N2O4S/c1-21-16-17-27-26(18-21)29(22-10-4-2-5-11-22)30(23-12-6-3-7-13-23)32(27)19-24(34)20-33-31(35)25-14-8-9-15-28(25)38(33,36)37/h2-18,24,34H,19-20H2,1H3. The molecule has 0 spiro atoms. The Hall–Kier alpha value is -4.20. The molecule has 1 unspecified atom stereocenters. The molecule has 1 aromatic heterocycles. The van der Waals surface area contributed by atoms with Crippen LogP contribution in [0.4, 0.5) is 0 Å². The highest BCUT2D eigenvalue weighted by atomic mass is 32.2. The summed E-state index contributed by atoms with van der Waals surface area (Å²) in [6, 6.07) is 32.4. The van der Waals surface area contributed by atoms with E-state index < -0.39 is 22.0 Å². The molecule has 1 aliphatic rings. The fourth-order valence-electron chi connectivity index (χ4n) is 5.32. The van der Waals surface area contributed by atoms with Crippen LogP contribution in [0.25, 0.3) is 33.3 Å². The second-order valence-electron chi connectivity index (χ2n) is 9.58. The van der Waals surface area contributed by atoms with Crippen molar-refractivity contribution >= 4 is 26.8 Å². The molecule has 1 N–H and O–H groups in total. The summed E-state index contributed by atoms with van der Waals surface area (Å²) in [5.74, 6) is -0.610. The quantitative estimate of drug-likeness (QED) is 0.320. The summed E-state index contributed by atoms with van der Waals surface area (Å²) in [6.07, 6.45) is -1.13. The highest BCUT2D eigenvalue weighted by Gasteiger charge is 2.41. The molecule has 0 radical (unpaired) electrons. The maximum atomic E-state index is 13.1. The lowest BCUT2D eigenvalue weighted by atomic mass is 9.98. The van der Waals surface area contributed by atoms with Crippen molar-refractivity contribution in [2.45, 2.75) is 24.5 Å². The van der Waals surface area contributed by atoms with Crippen LogP contribution in [0.5, 0.6) is 0 Å². The fourth-order valence-corrected chi connectivity index (χ4v) is 6.93. The lowest BCUT2D eigenvalue weighted by molar-refractivity contribution is 0.0773. The minimum Gasteiger partial charge on any atom is -0.389 e. The molecule has 0 saturated heterocycles. The minimum atomic E-state index is -4.02. The average molecular weight is 523 g/mol. The Labute approximate surface area is 221 Å². The Kier molecular flexibility index (Phi) is 5.90. The lowest BCUT2D eigenvalue weighted by Gasteiger charge is -2.21. The van der Waals surface area contributed by atoms with Crippen LogP contribution in [-0.4, -0.2) is 41.0 Å². The molecular formula is C31H26N2O4S. The maximum Gasteiger partial charge on any atom is 0.269 e. The first-order valence-corrected chi connectivity index (χ1v) is 13.9.